The number of H-pyrrole nitrogens is 1. The molecule has 0 saturated heterocycles. The van der Waals surface area contributed by atoms with Gasteiger partial charge in [-0.15, -0.1) is 0 Å². The van der Waals surface area contributed by atoms with Crippen LogP contribution in [0, 0.1) is 0 Å². The second-order valence-electron chi connectivity index (χ2n) is 5.16. The van der Waals surface area contributed by atoms with E-state index >= 15 is 0 Å². The summed E-state index contributed by atoms with van der Waals surface area (Å²) in [4.78, 5) is 26.1. The van der Waals surface area contributed by atoms with Crippen LogP contribution in [0.3, 0.4) is 0 Å². The molecule has 1 aromatic carbocycles. The predicted molar refractivity (Wildman–Crippen MR) is 88.7 cm³/mol. The van der Waals surface area contributed by atoms with Crippen molar-refractivity contribution in [2.24, 2.45) is 0 Å². The summed E-state index contributed by atoms with van der Waals surface area (Å²) in [6, 6.07) is 11.4. The molecule has 3 aromatic rings. The number of aromatic nitrogens is 3. The monoisotopic (exact) mass is 306 g/mol. The smallest absolute Gasteiger partial charge is 0.254 e. The number of carbonyl (C=O) groups is 1. The number of carbonyl (C=O) groups excluding carboxylic acids is 1. The molecule has 0 bridgehead atoms. The van der Waals surface area contributed by atoms with Crippen LogP contribution in [-0.2, 0) is 6.54 Å². The van der Waals surface area contributed by atoms with Crippen LogP contribution in [0.4, 0.5) is 0 Å². The molecule has 0 atom stereocenters. The van der Waals surface area contributed by atoms with Gasteiger partial charge in [-0.25, -0.2) is 4.98 Å². The van der Waals surface area contributed by atoms with Gasteiger partial charge in [-0.3, -0.25) is 9.78 Å². The molecule has 0 aliphatic heterocycles. The summed E-state index contributed by atoms with van der Waals surface area (Å²) in [6.45, 7) is 3.17. The Balaban J connectivity index is 1.90. The number of nitrogens with one attached hydrogen (secondary N) is 1. The van der Waals surface area contributed by atoms with Crippen molar-refractivity contribution < 1.29 is 4.79 Å². The van der Waals surface area contributed by atoms with E-state index in [9.17, 15) is 4.79 Å². The zero-order valence-corrected chi connectivity index (χ0v) is 12.9. The van der Waals surface area contributed by atoms with Crippen LogP contribution in [0.2, 0.25) is 0 Å². The fourth-order valence-electron chi connectivity index (χ4n) is 2.49. The normalized spacial score (nSPS) is 10.5. The second-order valence-corrected chi connectivity index (χ2v) is 5.16. The average Bonchev–Trinajstić information content (AvgIpc) is 3.14. The minimum Gasteiger partial charge on any atom is -0.345 e. The standard InChI is InChI=1S/C18H18N4O/c1-2-22(13-14-7-9-19-10-8-14)18(23)16-6-4-3-5-15(16)17-20-11-12-21-17/h3-12H,2,13H2,1H3,(H,20,21). The molecular formula is C18H18N4O. The lowest BCUT2D eigenvalue weighted by atomic mass is 10.1. The molecule has 0 aliphatic carbocycles. The third kappa shape index (κ3) is 3.29. The van der Waals surface area contributed by atoms with Crippen molar-refractivity contribution in [3.8, 4) is 11.4 Å². The SMILES string of the molecule is CCN(Cc1ccncc1)C(=O)c1ccccc1-c1ncc[nH]1. The Bertz CT molecular complexity index is 769. The van der Waals surface area contributed by atoms with E-state index in [1.165, 1.54) is 0 Å². The van der Waals surface area contributed by atoms with E-state index in [1.807, 2.05) is 48.2 Å². The van der Waals surface area contributed by atoms with E-state index in [1.54, 1.807) is 24.8 Å². The van der Waals surface area contributed by atoms with Gasteiger partial charge in [0.25, 0.3) is 5.91 Å². The minimum atomic E-state index is -0.00341. The number of nitrogens with zero attached hydrogens (tertiary/aromatic N) is 3. The zero-order valence-electron chi connectivity index (χ0n) is 12.9. The maximum atomic E-state index is 13.0. The molecule has 0 radical (unpaired) electrons. The number of rotatable bonds is 5. The molecule has 1 N–H and O–H groups in total. The summed E-state index contributed by atoms with van der Waals surface area (Å²) < 4.78 is 0. The molecule has 5 nitrogen and oxygen atoms in total. The summed E-state index contributed by atoms with van der Waals surface area (Å²) in [5, 5.41) is 0. The number of benzene rings is 1. The molecular weight excluding hydrogens is 288 g/mol. The lowest BCUT2D eigenvalue weighted by molar-refractivity contribution is 0.0753. The Hall–Kier alpha value is -2.95. The van der Waals surface area contributed by atoms with Crippen LogP contribution in [0.15, 0.2) is 61.2 Å². The van der Waals surface area contributed by atoms with Crippen molar-refractivity contribution in [2.45, 2.75) is 13.5 Å². The molecule has 0 fully saturated rings. The topological polar surface area (TPSA) is 61.9 Å². The van der Waals surface area contributed by atoms with Crippen LogP contribution in [-0.4, -0.2) is 32.3 Å². The van der Waals surface area contributed by atoms with Crippen LogP contribution in [0.25, 0.3) is 11.4 Å². The minimum absolute atomic E-state index is 0.00341. The Kier molecular flexibility index (Phi) is 4.47. The number of amides is 1. The van der Waals surface area contributed by atoms with Gasteiger partial charge in [-0.05, 0) is 30.7 Å². The highest BCUT2D eigenvalue weighted by atomic mass is 16.2. The van der Waals surface area contributed by atoms with Gasteiger partial charge >= 0.3 is 0 Å². The number of aromatic amines is 1. The number of imidazole rings is 1. The first-order chi connectivity index (χ1) is 11.3. The van der Waals surface area contributed by atoms with Gasteiger partial charge < -0.3 is 9.88 Å². The lowest BCUT2D eigenvalue weighted by Crippen LogP contribution is -2.30. The van der Waals surface area contributed by atoms with E-state index in [0.717, 1.165) is 11.1 Å². The second kappa shape index (κ2) is 6.87. The highest BCUT2D eigenvalue weighted by molar-refractivity contribution is 6.00. The van der Waals surface area contributed by atoms with Gasteiger partial charge in [0.05, 0.1) is 5.56 Å². The molecule has 0 saturated carbocycles. The van der Waals surface area contributed by atoms with E-state index in [0.29, 0.717) is 24.5 Å². The van der Waals surface area contributed by atoms with Gasteiger partial charge in [0.2, 0.25) is 0 Å². The molecule has 116 valence electrons. The van der Waals surface area contributed by atoms with Crippen LogP contribution >= 0.6 is 0 Å². The Morgan fingerprint density at radius 3 is 2.61 bits per heavy atom. The first kappa shape index (κ1) is 15.0. The highest BCUT2D eigenvalue weighted by Gasteiger charge is 2.19. The van der Waals surface area contributed by atoms with Crippen LogP contribution in [0.5, 0.6) is 0 Å². The maximum Gasteiger partial charge on any atom is 0.254 e. The van der Waals surface area contributed by atoms with E-state index < -0.39 is 0 Å². The van der Waals surface area contributed by atoms with Gasteiger partial charge in [0.1, 0.15) is 5.82 Å². The van der Waals surface area contributed by atoms with Crippen molar-refractivity contribution in [2.75, 3.05) is 6.54 Å². The molecule has 0 spiro atoms. The van der Waals surface area contributed by atoms with Gasteiger partial charge in [-0.2, -0.15) is 0 Å². The summed E-state index contributed by atoms with van der Waals surface area (Å²) in [5.41, 5.74) is 2.53. The van der Waals surface area contributed by atoms with Gasteiger partial charge in [0.15, 0.2) is 0 Å². The maximum absolute atomic E-state index is 13.0. The summed E-state index contributed by atoms with van der Waals surface area (Å²) in [7, 11) is 0. The molecule has 0 unspecified atom stereocenters. The van der Waals surface area contributed by atoms with E-state index in [-0.39, 0.29) is 5.91 Å². The quantitative estimate of drug-likeness (QED) is 0.787. The summed E-state index contributed by atoms with van der Waals surface area (Å²) in [5.74, 6) is 0.699. The molecule has 2 heterocycles. The lowest BCUT2D eigenvalue weighted by Gasteiger charge is -2.22. The van der Waals surface area contributed by atoms with Crippen molar-refractivity contribution in [3.05, 3.63) is 72.3 Å². The van der Waals surface area contributed by atoms with Crippen molar-refractivity contribution in [1.82, 2.24) is 19.9 Å². The third-order valence-corrected chi connectivity index (χ3v) is 3.70. The number of hydrogen-bond acceptors (Lipinski definition) is 3. The average molecular weight is 306 g/mol. The Morgan fingerprint density at radius 1 is 1.13 bits per heavy atom. The number of pyridine rings is 1. The molecule has 2 aromatic heterocycles. The fraction of sp³-hybridized carbons (Fsp3) is 0.167. The Morgan fingerprint density at radius 2 is 1.91 bits per heavy atom. The van der Waals surface area contributed by atoms with E-state index in [4.69, 9.17) is 0 Å². The van der Waals surface area contributed by atoms with Crippen molar-refractivity contribution >= 4 is 5.91 Å². The molecule has 5 heteroatoms. The summed E-state index contributed by atoms with van der Waals surface area (Å²) in [6.07, 6.45) is 6.92. The molecule has 3 rings (SSSR count). The first-order valence-electron chi connectivity index (χ1n) is 7.56. The van der Waals surface area contributed by atoms with Gasteiger partial charge in [0, 0.05) is 43.4 Å². The zero-order chi connectivity index (χ0) is 16.1. The molecule has 23 heavy (non-hydrogen) atoms. The molecule has 0 aliphatic rings. The van der Waals surface area contributed by atoms with Crippen molar-refractivity contribution in [3.63, 3.8) is 0 Å². The fourth-order valence-corrected chi connectivity index (χ4v) is 2.49. The number of hydrogen-bond donors (Lipinski definition) is 1. The van der Waals surface area contributed by atoms with Crippen molar-refractivity contribution in [1.29, 1.82) is 0 Å². The molecule has 1 amide bonds. The Labute approximate surface area is 135 Å². The van der Waals surface area contributed by atoms with E-state index in [2.05, 4.69) is 15.0 Å². The van der Waals surface area contributed by atoms with Crippen LogP contribution in [0.1, 0.15) is 22.8 Å². The summed E-state index contributed by atoms with van der Waals surface area (Å²) >= 11 is 0. The van der Waals surface area contributed by atoms with Gasteiger partial charge in [-0.1, -0.05) is 18.2 Å². The largest absolute Gasteiger partial charge is 0.345 e. The predicted octanol–water partition coefficient (Wildman–Crippen LogP) is 3.13. The van der Waals surface area contributed by atoms with Crippen LogP contribution < -0.4 is 0 Å². The highest BCUT2D eigenvalue weighted by Crippen LogP contribution is 2.22. The first-order valence-corrected chi connectivity index (χ1v) is 7.56. The third-order valence-electron chi connectivity index (χ3n) is 3.70.